The van der Waals surface area contributed by atoms with Crippen molar-refractivity contribution in [2.75, 3.05) is 14.2 Å². The quantitative estimate of drug-likeness (QED) is 0.780. The molecule has 19 heavy (non-hydrogen) atoms. The van der Waals surface area contributed by atoms with Crippen LogP contribution in [0.5, 0.6) is 0 Å². The van der Waals surface area contributed by atoms with E-state index in [1.165, 1.54) is 12.2 Å². The van der Waals surface area contributed by atoms with Crippen LogP contribution in [-0.2, 0) is 14.4 Å². The number of rotatable bonds is 5. The molecular formula is C14H25NO4. The molecule has 2 aliphatic carbocycles. The van der Waals surface area contributed by atoms with E-state index >= 15 is 0 Å². The maximum absolute atomic E-state index is 11.5. The van der Waals surface area contributed by atoms with Gasteiger partial charge in [-0.25, -0.2) is 5.06 Å². The van der Waals surface area contributed by atoms with Crippen molar-refractivity contribution in [1.82, 2.24) is 5.06 Å². The summed E-state index contributed by atoms with van der Waals surface area (Å²) in [7, 11) is 3.18. The summed E-state index contributed by atoms with van der Waals surface area (Å²) in [5.41, 5.74) is -0.356. The van der Waals surface area contributed by atoms with Gasteiger partial charge in [-0.1, -0.05) is 13.8 Å². The zero-order valence-corrected chi connectivity index (χ0v) is 12.4. The monoisotopic (exact) mass is 271 g/mol. The zero-order chi connectivity index (χ0) is 14.7. The van der Waals surface area contributed by atoms with E-state index in [9.17, 15) is 9.59 Å². The van der Waals surface area contributed by atoms with Gasteiger partial charge in [-0.15, -0.1) is 0 Å². The zero-order valence-electron chi connectivity index (χ0n) is 12.4. The van der Waals surface area contributed by atoms with Crippen LogP contribution in [0.15, 0.2) is 0 Å². The molecule has 0 saturated heterocycles. The third-order valence-corrected chi connectivity index (χ3v) is 4.53. The van der Waals surface area contributed by atoms with E-state index in [1.54, 1.807) is 7.05 Å². The molecule has 0 aliphatic heterocycles. The highest BCUT2D eigenvalue weighted by Gasteiger charge is 2.49. The maximum atomic E-state index is 11.5. The number of carboxylic acids is 1. The number of hydrogen-bond donors (Lipinski definition) is 1. The number of aliphatic carboxylic acids is 1. The Labute approximate surface area is 114 Å². The Morgan fingerprint density at radius 3 is 1.68 bits per heavy atom. The lowest BCUT2D eigenvalue weighted by Crippen LogP contribution is -2.32. The number of carboxylic acid groups (broad SMARTS) is 1. The van der Waals surface area contributed by atoms with E-state index < -0.39 is 5.97 Å². The lowest BCUT2D eigenvalue weighted by atomic mass is 10.0. The van der Waals surface area contributed by atoms with Crippen LogP contribution in [0.2, 0.25) is 0 Å². The minimum Gasteiger partial charge on any atom is -0.481 e. The summed E-state index contributed by atoms with van der Waals surface area (Å²) in [4.78, 5) is 26.6. The van der Waals surface area contributed by atoms with Crippen molar-refractivity contribution in [2.45, 2.75) is 52.4 Å². The van der Waals surface area contributed by atoms with Crippen LogP contribution in [0.1, 0.15) is 52.4 Å². The van der Waals surface area contributed by atoms with Crippen LogP contribution in [0, 0.1) is 10.8 Å². The lowest BCUT2D eigenvalue weighted by Gasteiger charge is -2.19. The van der Waals surface area contributed by atoms with Crippen molar-refractivity contribution in [3.63, 3.8) is 0 Å². The van der Waals surface area contributed by atoms with Crippen molar-refractivity contribution in [1.29, 1.82) is 0 Å². The molecule has 0 aromatic carbocycles. The van der Waals surface area contributed by atoms with Crippen LogP contribution < -0.4 is 0 Å². The molecule has 0 aromatic rings. The first-order valence-corrected chi connectivity index (χ1v) is 6.93. The second-order valence-electron chi connectivity index (χ2n) is 5.56. The largest absolute Gasteiger partial charge is 0.481 e. The van der Waals surface area contributed by atoms with E-state index in [2.05, 4.69) is 6.92 Å². The van der Waals surface area contributed by atoms with Crippen molar-refractivity contribution >= 4 is 11.9 Å². The SMILES string of the molecule is CCC1(C(=O)N(C)OC)CC1.CCC1(C(=O)O)CC1. The Balaban J connectivity index is 0.000000200. The number of carbonyl (C=O) groups excluding carboxylic acids is 1. The molecule has 0 unspecified atom stereocenters. The Morgan fingerprint density at radius 1 is 1.11 bits per heavy atom. The lowest BCUT2D eigenvalue weighted by molar-refractivity contribution is -0.175. The van der Waals surface area contributed by atoms with Gasteiger partial charge in [-0.2, -0.15) is 0 Å². The fourth-order valence-electron chi connectivity index (χ4n) is 2.16. The predicted molar refractivity (Wildman–Crippen MR) is 71.3 cm³/mol. The van der Waals surface area contributed by atoms with Crippen LogP contribution in [0.25, 0.3) is 0 Å². The molecule has 110 valence electrons. The number of carbonyl (C=O) groups is 2. The molecule has 0 radical (unpaired) electrons. The molecule has 2 saturated carbocycles. The normalized spacial score (nSPS) is 20.8. The number of hydroxylamine groups is 2. The highest BCUT2D eigenvalue weighted by Crippen LogP contribution is 2.50. The van der Waals surface area contributed by atoms with Crippen LogP contribution in [0.4, 0.5) is 0 Å². The highest BCUT2D eigenvalue weighted by molar-refractivity contribution is 5.84. The van der Waals surface area contributed by atoms with Gasteiger partial charge >= 0.3 is 5.97 Å². The van der Waals surface area contributed by atoms with Crippen molar-refractivity contribution in [3.05, 3.63) is 0 Å². The summed E-state index contributed by atoms with van der Waals surface area (Å²) in [5.74, 6) is -0.484. The third-order valence-electron chi connectivity index (χ3n) is 4.53. The van der Waals surface area contributed by atoms with Gasteiger partial charge in [0.05, 0.1) is 17.9 Å². The average molecular weight is 271 g/mol. The second kappa shape index (κ2) is 5.90. The van der Waals surface area contributed by atoms with E-state index in [4.69, 9.17) is 9.94 Å². The van der Waals surface area contributed by atoms with Crippen LogP contribution in [-0.4, -0.2) is 36.2 Å². The van der Waals surface area contributed by atoms with Crippen LogP contribution in [0.3, 0.4) is 0 Å². The average Bonchev–Trinajstić information content (AvgIpc) is 3.31. The van der Waals surface area contributed by atoms with Gasteiger partial charge in [-0.3, -0.25) is 14.4 Å². The molecule has 1 amide bonds. The molecule has 5 heteroatoms. The third kappa shape index (κ3) is 3.47. The van der Waals surface area contributed by atoms with Gasteiger partial charge in [0, 0.05) is 7.05 Å². The number of hydrogen-bond acceptors (Lipinski definition) is 3. The fraction of sp³-hybridized carbons (Fsp3) is 0.857. The van der Waals surface area contributed by atoms with E-state index in [0.717, 1.165) is 38.5 Å². The van der Waals surface area contributed by atoms with Crippen molar-refractivity contribution < 1.29 is 19.5 Å². The Morgan fingerprint density at radius 2 is 1.53 bits per heavy atom. The summed E-state index contributed by atoms with van der Waals surface area (Å²) in [6, 6.07) is 0. The van der Waals surface area contributed by atoms with E-state index in [-0.39, 0.29) is 16.7 Å². The summed E-state index contributed by atoms with van der Waals surface area (Å²) in [6.45, 7) is 3.98. The second-order valence-corrected chi connectivity index (χ2v) is 5.56. The first-order valence-electron chi connectivity index (χ1n) is 6.93. The molecule has 2 rings (SSSR count). The molecule has 5 nitrogen and oxygen atoms in total. The molecule has 1 N–H and O–H groups in total. The number of nitrogens with zero attached hydrogens (tertiary/aromatic N) is 1. The molecular weight excluding hydrogens is 246 g/mol. The molecule has 0 atom stereocenters. The molecule has 0 spiro atoms. The van der Waals surface area contributed by atoms with Crippen molar-refractivity contribution in [2.24, 2.45) is 10.8 Å². The summed E-state index contributed by atoms with van der Waals surface area (Å²) in [6.07, 6.45) is 5.55. The molecule has 0 aromatic heterocycles. The molecule has 2 fully saturated rings. The van der Waals surface area contributed by atoms with Gasteiger partial charge in [0.1, 0.15) is 0 Å². The Kier molecular flexibility index (Phi) is 4.96. The maximum Gasteiger partial charge on any atom is 0.309 e. The minimum absolute atomic E-state index is 0.0647. The molecule has 2 aliphatic rings. The van der Waals surface area contributed by atoms with Gasteiger partial charge in [0.15, 0.2) is 0 Å². The Bertz CT molecular complexity index is 345. The van der Waals surface area contributed by atoms with Gasteiger partial charge in [0.2, 0.25) is 0 Å². The summed E-state index contributed by atoms with van der Waals surface area (Å²) in [5, 5.41) is 9.83. The highest BCUT2D eigenvalue weighted by atomic mass is 16.7. The van der Waals surface area contributed by atoms with E-state index in [1.807, 2.05) is 6.92 Å². The Hall–Kier alpha value is -1.10. The van der Waals surface area contributed by atoms with Gasteiger partial charge in [0.25, 0.3) is 5.91 Å². The smallest absolute Gasteiger partial charge is 0.309 e. The first kappa shape index (κ1) is 16.0. The van der Waals surface area contributed by atoms with Crippen molar-refractivity contribution in [3.8, 4) is 0 Å². The molecule has 0 bridgehead atoms. The summed E-state index contributed by atoms with van der Waals surface area (Å²) >= 11 is 0. The topological polar surface area (TPSA) is 66.8 Å². The predicted octanol–water partition coefficient (Wildman–Crippen LogP) is 2.46. The fourth-order valence-corrected chi connectivity index (χ4v) is 2.16. The van der Waals surface area contributed by atoms with Gasteiger partial charge < -0.3 is 5.11 Å². The van der Waals surface area contributed by atoms with Crippen LogP contribution >= 0.6 is 0 Å². The first-order chi connectivity index (χ1) is 8.87. The number of amides is 1. The minimum atomic E-state index is -0.611. The standard InChI is InChI=1S/C8H15NO2.C6H10O2/c1-4-8(5-6-8)7(10)9(2)11-3;1-2-6(3-4-6)5(7)8/h4-6H2,1-3H3;2-4H2,1H3,(H,7,8). The summed E-state index contributed by atoms with van der Waals surface area (Å²) < 4.78 is 0. The van der Waals surface area contributed by atoms with E-state index in [0.29, 0.717) is 0 Å². The van der Waals surface area contributed by atoms with Gasteiger partial charge in [-0.05, 0) is 38.5 Å². The molecule has 0 heterocycles.